The predicted molar refractivity (Wildman–Crippen MR) is 64.6 cm³/mol. The molecule has 0 aliphatic carbocycles. The van der Waals surface area contributed by atoms with Crippen LogP contribution in [0, 0.1) is 0 Å². The van der Waals surface area contributed by atoms with Gasteiger partial charge in [0.2, 0.25) is 0 Å². The zero-order chi connectivity index (χ0) is 12.6. The van der Waals surface area contributed by atoms with E-state index in [-0.39, 0.29) is 11.8 Å². The van der Waals surface area contributed by atoms with Gasteiger partial charge in [0.05, 0.1) is 23.4 Å². The summed E-state index contributed by atoms with van der Waals surface area (Å²) < 4.78 is 28.9. The van der Waals surface area contributed by atoms with Gasteiger partial charge in [0.15, 0.2) is 9.84 Å². The predicted octanol–water partition coefficient (Wildman–Crippen LogP) is 1.29. The highest BCUT2D eigenvalue weighted by Gasteiger charge is 2.33. The van der Waals surface area contributed by atoms with Gasteiger partial charge >= 0.3 is 0 Å². The minimum absolute atomic E-state index is 0.0977. The Morgan fingerprint density at radius 3 is 2.94 bits per heavy atom. The third-order valence-electron chi connectivity index (χ3n) is 3.03. The molecule has 2 heterocycles. The van der Waals surface area contributed by atoms with Crippen LogP contribution in [0.25, 0.3) is 0 Å². The molecule has 1 aliphatic rings. The number of nitrogens with one attached hydrogen (secondary N) is 1. The first-order chi connectivity index (χ1) is 8.67. The van der Waals surface area contributed by atoms with Crippen molar-refractivity contribution in [2.24, 2.45) is 0 Å². The summed E-state index contributed by atoms with van der Waals surface area (Å²) in [5, 5.41) is 6.79. The molecule has 0 bridgehead atoms. The van der Waals surface area contributed by atoms with E-state index in [0.29, 0.717) is 17.2 Å². The van der Waals surface area contributed by atoms with Gasteiger partial charge in [0.25, 0.3) is 0 Å². The molecular weight excluding hydrogens is 252 g/mol. The van der Waals surface area contributed by atoms with E-state index in [0.717, 1.165) is 5.56 Å². The molecule has 0 fully saturated rings. The summed E-state index contributed by atoms with van der Waals surface area (Å²) in [5.74, 6) is 0.789. The topological polar surface area (TPSA) is 72.2 Å². The maximum atomic E-state index is 11.9. The lowest BCUT2D eigenvalue weighted by atomic mass is 10.1. The molecule has 0 spiro atoms. The van der Waals surface area contributed by atoms with Gasteiger partial charge in [-0.05, 0) is 11.6 Å². The highest BCUT2D eigenvalue weighted by molar-refractivity contribution is 7.91. The molecule has 1 unspecified atom stereocenters. The summed E-state index contributed by atoms with van der Waals surface area (Å²) in [6.07, 6.45) is 1.57. The molecule has 18 heavy (non-hydrogen) atoms. The van der Waals surface area contributed by atoms with Gasteiger partial charge in [0.1, 0.15) is 5.76 Å². The van der Waals surface area contributed by atoms with E-state index in [2.05, 4.69) is 10.5 Å². The van der Waals surface area contributed by atoms with Crippen molar-refractivity contribution in [3.8, 4) is 0 Å². The molecular formula is C12H12N2O3S. The molecule has 1 aromatic heterocycles. The van der Waals surface area contributed by atoms with Crippen LogP contribution in [0.4, 0.5) is 0 Å². The van der Waals surface area contributed by atoms with Crippen LogP contribution < -0.4 is 5.32 Å². The lowest BCUT2D eigenvalue weighted by Crippen LogP contribution is -2.22. The first-order valence-corrected chi connectivity index (χ1v) is 7.27. The molecule has 0 saturated carbocycles. The first kappa shape index (κ1) is 11.4. The second-order valence-corrected chi connectivity index (χ2v) is 6.23. The fourth-order valence-corrected chi connectivity index (χ4v) is 3.95. The number of nitrogens with zero attached hydrogens (tertiary/aromatic N) is 1. The van der Waals surface area contributed by atoms with Gasteiger partial charge in [0, 0.05) is 12.1 Å². The zero-order valence-electron chi connectivity index (χ0n) is 9.54. The molecule has 1 atom stereocenters. The molecule has 6 heteroatoms. The van der Waals surface area contributed by atoms with E-state index in [4.69, 9.17) is 4.52 Å². The largest absolute Gasteiger partial charge is 0.360 e. The van der Waals surface area contributed by atoms with Crippen LogP contribution in [0.15, 0.2) is 45.9 Å². The number of fused-ring (bicyclic) bond motifs is 1. The van der Waals surface area contributed by atoms with E-state index in [1.165, 1.54) is 0 Å². The Morgan fingerprint density at radius 2 is 2.17 bits per heavy atom. The number of benzene rings is 1. The average Bonchev–Trinajstić information content (AvgIpc) is 2.95. The van der Waals surface area contributed by atoms with Crippen molar-refractivity contribution in [2.45, 2.75) is 17.5 Å². The Labute approximate surface area is 105 Å². The highest BCUT2D eigenvalue weighted by atomic mass is 32.2. The van der Waals surface area contributed by atoms with Crippen LogP contribution in [0.5, 0.6) is 0 Å². The van der Waals surface area contributed by atoms with Gasteiger partial charge in [-0.15, -0.1) is 0 Å². The van der Waals surface area contributed by atoms with Crippen molar-refractivity contribution in [3.05, 3.63) is 47.9 Å². The SMILES string of the molecule is O=S1(=O)CC(NCc2ccno2)c2ccccc21. The first-order valence-electron chi connectivity index (χ1n) is 5.61. The number of aromatic nitrogens is 1. The lowest BCUT2D eigenvalue weighted by Gasteiger charge is -2.10. The quantitative estimate of drug-likeness (QED) is 0.904. The summed E-state index contributed by atoms with van der Waals surface area (Å²) in [7, 11) is -3.15. The Hall–Kier alpha value is -1.66. The van der Waals surface area contributed by atoms with Gasteiger partial charge < -0.3 is 9.84 Å². The summed E-state index contributed by atoms with van der Waals surface area (Å²) >= 11 is 0. The smallest absolute Gasteiger partial charge is 0.180 e. The molecule has 0 saturated heterocycles. The minimum atomic E-state index is -3.15. The second kappa shape index (κ2) is 4.22. The molecule has 5 nitrogen and oxygen atoms in total. The molecule has 3 rings (SSSR count). The van der Waals surface area contributed by atoms with E-state index < -0.39 is 9.84 Å². The maximum Gasteiger partial charge on any atom is 0.180 e. The second-order valence-electron chi connectivity index (χ2n) is 4.23. The number of rotatable bonds is 3. The Morgan fingerprint density at radius 1 is 1.33 bits per heavy atom. The van der Waals surface area contributed by atoms with Gasteiger partial charge in [-0.2, -0.15) is 0 Å². The molecule has 0 amide bonds. The van der Waals surface area contributed by atoms with Crippen molar-refractivity contribution >= 4 is 9.84 Å². The summed E-state index contributed by atoms with van der Waals surface area (Å²) in [6.45, 7) is 0.467. The van der Waals surface area contributed by atoms with Crippen molar-refractivity contribution in [2.75, 3.05) is 5.75 Å². The van der Waals surface area contributed by atoms with Crippen LogP contribution in [-0.2, 0) is 16.4 Å². The Balaban J connectivity index is 1.83. The summed E-state index contributed by atoms with van der Waals surface area (Å²) in [6, 6.07) is 8.66. The van der Waals surface area contributed by atoms with Crippen LogP contribution in [0.3, 0.4) is 0 Å². The van der Waals surface area contributed by atoms with Crippen molar-refractivity contribution < 1.29 is 12.9 Å². The Kier molecular flexibility index (Phi) is 2.68. The van der Waals surface area contributed by atoms with Crippen molar-refractivity contribution in [1.29, 1.82) is 0 Å². The van der Waals surface area contributed by atoms with Gasteiger partial charge in [-0.3, -0.25) is 0 Å². The van der Waals surface area contributed by atoms with E-state index in [9.17, 15) is 8.42 Å². The van der Waals surface area contributed by atoms with Gasteiger partial charge in [-0.25, -0.2) is 8.42 Å². The summed E-state index contributed by atoms with van der Waals surface area (Å²) in [4.78, 5) is 0.431. The molecule has 94 valence electrons. The van der Waals surface area contributed by atoms with Crippen LogP contribution >= 0.6 is 0 Å². The van der Waals surface area contributed by atoms with Crippen LogP contribution in [-0.4, -0.2) is 19.3 Å². The monoisotopic (exact) mass is 264 g/mol. The molecule has 0 radical (unpaired) electrons. The fourth-order valence-electron chi connectivity index (χ4n) is 2.18. The van der Waals surface area contributed by atoms with Crippen LogP contribution in [0.2, 0.25) is 0 Å². The third kappa shape index (κ3) is 1.93. The van der Waals surface area contributed by atoms with E-state index in [1.807, 2.05) is 12.1 Å². The van der Waals surface area contributed by atoms with Crippen LogP contribution in [0.1, 0.15) is 17.4 Å². The third-order valence-corrected chi connectivity index (χ3v) is 4.84. The average molecular weight is 264 g/mol. The van der Waals surface area contributed by atoms with Crippen molar-refractivity contribution in [1.82, 2.24) is 10.5 Å². The number of hydrogen-bond donors (Lipinski definition) is 1. The standard InChI is InChI=1S/C12H12N2O3S/c15-18(16)8-11(10-3-1-2-4-12(10)18)13-7-9-5-6-14-17-9/h1-6,11,13H,7-8H2. The van der Waals surface area contributed by atoms with E-state index in [1.54, 1.807) is 24.4 Å². The maximum absolute atomic E-state index is 11.9. The lowest BCUT2D eigenvalue weighted by molar-refractivity contribution is 0.366. The number of hydrogen-bond acceptors (Lipinski definition) is 5. The van der Waals surface area contributed by atoms with E-state index >= 15 is 0 Å². The highest BCUT2D eigenvalue weighted by Crippen LogP contribution is 2.33. The molecule has 1 N–H and O–H groups in total. The zero-order valence-corrected chi connectivity index (χ0v) is 10.4. The van der Waals surface area contributed by atoms with Crippen molar-refractivity contribution in [3.63, 3.8) is 0 Å². The molecule has 1 aromatic carbocycles. The summed E-state index contributed by atoms with van der Waals surface area (Å²) in [5.41, 5.74) is 0.831. The molecule has 1 aliphatic heterocycles. The fraction of sp³-hybridized carbons (Fsp3) is 0.250. The minimum Gasteiger partial charge on any atom is -0.360 e. The molecule has 2 aromatic rings. The Bertz CT molecular complexity index is 650. The normalized spacial score (nSPS) is 20.8. The number of sulfone groups is 1. The van der Waals surface area contributed by atoms with Gasteiger partial charge in [-0.1, -0.05) is 23.4 Å².